The average molecular weight is 706 g/mol. The summed E-state index contributed by atoms with van der Waals surface area (Å²) in [6.45, 7) is 5.96. The molecule has 2 aromatic rings. The van der Waals surface area contributed by atoms with E-state index in [1.54, 1.807) is 24.9 Å². The van der Waals surface area contributed by atoms with Gasteiger partial charge >= 0.3 is 12.0 Å². The van der Waals surface area contributed by atoms with E-state index in [1.807, 2.05) is 67.6 Å². The number of aliphatic carboxylic acids is 1. The van der Waals surface area contributed by atoms with Crippen LogP contribution in [0.4, 0.5) is 9.59 Å². The molecule has 2 aromatic carbocycles. The quantitative estimate of drug-likeness (QED) is 0.0642. The van der Waals surface area contributed by atoms with Crippen LogP contribution in [-0.4, -0.2) is 71.8 Å². The van der Waals surface area contributed by atoms with E-state index >= 15 is 0 Å². The van der Waals surface area contributed by atoms with Gasteiger partial charge in [0.05, 0.1) is 18.4 Å². The van der Waals surface area contributed by atoms with Crippen LogP contribution in [0.1, 0.15) is 76.3 Å². The van der Waals surface area contributed by atoms with Gasteiger partial charge in [-0.05, 0) is 79.6 Å². The van der Waals surface area contributed by atoms with Crippen molar-refractivity contribution in [3.8, 4) is 11.5 Å². The zero-order chi connectivity index (χ0) is 36.1. The molecule has 1 saturated heterocycles. The van der Waals surface area contributed by atoms with Gasteiger partial charge in [0, 0.05) is 19.7 Å². The van der Waals surface area contributed by atoms with Crippen LogP contribution in [0.5, 0.6) is 11.5 Å². The number of carbonyl (C=O) groups is 4. The fourth-order valence-electron chi connectivity index (χ4n) is 5.17. The van der Waals surface area contributed by atoms with Crippen molar-refractivity contribution in [1.29, 1.82) is 0 Å². The van der Waals surface area contributed by atoms with Crippen LogP contribution >= 0.6 is 11.8 Å². The van der Waals surface area contributed by atoms with E-state index in [0.717, 1.165) is 66.3 Å². The van der Waals surface area contributed by atoms with Gasteiger partial charge in [-0.1, -0.05) is 92.8 Å². The van der Waals surface area contributed by atoms with Crippen molar-refractivity contribution in [3.63, 3.8) is 0 Å². The summed E-state index contributed by atoms with van der Waals surface area (Å²) in [4.78, 5) is 47.8. The Labute approximate surface area is 300 Å². The van der Waals surface area contributed by atoms with E-state index in [0.29, 0.717) is 44.0 Å². The second-order valence-electron chi connectivity index (χ2n) is 12.4. The lowest BCUT2D eigenvalue weighted by Crippen LogP contribution is -2.39. The van der Waals surface area contributed by atoms with Gasteiger partial charge in [-0.25, -0.2) is 9.59 Å². The monoisotopic (exact) mass is 705 g/mol. The molecule has 270 valence electrons. The minimum atomic E-state index is -0.947. The van der Waals surface area contributed by atoms with Crippen LogP contribution in [0.2, 0.25) is 0 Å². The third kappa shape index (κ3) is 15.8. The lowest BCUT2D eigenvalue weighted by molar-refractivity contribution is -0.131. The zero-order valence-corrected chi connectivity index (χ0v) is 30.3. The molecule has 1 aliphatic rings. The lowest BCUT2D eigenvalue weighted by atomic mass is 10.1. The molecule has 0 bridgehead atoms. The second kappa shape index (κ2) is 22.3. The van der Waals surface area contributed by atoms with E-state index in [1.165, 1.54) is 25.3 Å². The summed E-state index contributed by atoms with van der Waals surface area (Å²) in [5.74, 6) is 0.356. The summed E-state index contributed by atoms with van der Waals surface area (Å²) >= 11 is 1.02. The molecular weight excluding hydrogens is 655 g/mol. The fourth-order valence-corrected chi connectivity index (χ4v) is 6.03. The second-order valence-corrected chi connectivity index (χ2v) is 13.5. The van der Waals surface area contributed by atoms with Crippen LogP contribution in [-0.2, 0) is 16.0 Å². The number of carboxylic acids is 1. The molecule has 50 heavy (non-hydrogen) atoms. The van der Waals surface area contributed by atoms with Gasteiger partial charge in [-0.3, -0.25) is 14.9 Å². The number of unbranched alkanes of at least 4 members (excludes halogenated alkanes) is 7. The molecule has 1 unspecified atom stereocenters. The number of allylic oxidation sites excluding steroid dienone is 5. The summed E-state index contributed by atoms with van der Waals surface area (Å²) in [5.41, 5.74) is 3.81. The van der Waals surface area contributed by atoms with E-state index in [9.17, 15) is 19.2 Å². The highest BCUT2D eigenvalue weighted by molar-refractivity contribution is 8.15. The van der Waals surface area contributed by atoms with Crippen molar-refractivity contribution in [1.82, 2.24) is 15.5 Å². The highest BCUT2D eigenvalue weighted by atomic mass is 32.2. The number of ether oxygens (including phenoxy) is 2. The molecule has 4 amide bonds. The Balaban J connectivity index is 1.14. The van der Waals surface area contributed by atoms with Gasteiger partial charge in [0.25, 0.3) is 5.24 Å². The number of hydrogen-bond donors (Lipinski definition) is 3. The Morgan fingerprint density at radius 3 is 2.10 bits per heavy atom. The van der Waals surface area contributed by atoms with E-state index in [4.69, 9.17) is 14.6 Å². The number of amides is 4. The Hall–Kier alpha value is -4.51. The lowest BCUT2D eigenvalue weighted by Gasteiger charge is -2.18. The molecule has 1 aliphatic heterocycles. The summed E-state index contributed by atoms with van der Waals surface area (Å²) in [6.07, 6.45) is 16.2. The number of imide groups is 1. The van der Waals surface area contributed by atoms with Crippen LogP contribution in [0.3, 0.4) is 0 Å². The van der Waals surface area contributed by atoms with Gasteiger partial charge in [0.2, 0.25) is 5.91 Å². The molecule has 1 fully saturated rings. The van der Waals surface area contributed by atoms with Gasteiger partial charge < -0.3 is 24.8 Å². The normalized spacial score (nSPS) is 14.9. The molecule has 3 N–H and O–H groups in total. The van der Waals surface area contributed by atoms with E-state index in [-0.39, 0.29) is 17.2 Å². The minimum Gasteiger partial charge on any atom is -0.494 e. The number of rotatable bonds is 22. The van der Waals surface area contributed by atoms with E-state index < -0.39 is 11.2 Å². The van der Waals surface area contributed by atoms with Crippen molar-refractivity contribution in [2.45, 2.75) is 76.9 Å². The largest absolute Gasteiger partial charge is 0.494 e. The number of likely N-dealkylation sites (N-methyl/N-ethyl adjacent to an activating group) is 1. The number of thioether (sulfide) groups is 1. The predicted molar refractivity (Wildman–Crippen MR) is 200 cm³/mol. The molecule has 1 heterocycles. The van der Waals surface area contributed by atoms with E-state index in [2.05, 4.69) is 10.6 Å². The number of urea groups is 1. The molecular formula is C39H51N3O7S. The Bertz CT molecular complexity index is 1490. The van der Waals surface area contributed by atoms with Crippen LogP contribution < -0.4 is 20.1 Å². The molecule has 3 rings (SSSR count). The summed E-state index contributed by atoms with van der Waals surface area (Å²) in [5, 5.41) is 13.4. The third-order valence-electron chi connectivity index (χ3n) is 8.14. The molecule has 1 atom stereocenters. The number of nitrogens with one attached hydrogen (secondary N) is 2. The SMILES string of the molecule is CC(=C/C(=O)O)/C=C/C=C(/C)c1ccc(OCCCCCCCCCCNC(=O)N(C)CCOc2ccc(CC3SC(=O)NC3=O)cc2)cc1. The molecule has 10 nitrogen and oxygen atoms in total. The number of benzene rings is 2. The van der Waals surface area contributed by atoms with Gasteiger partial charge in [0.1, 0.15) is 18.1 Å². The predicted octanol–water partition coefficient (Wildman–Crippen LogP) is 7.79. The molecule has 0 aromatic heterocycles. The van der Waals surface area contributed by atoms with Crippen molar-refractivity contribution >= 4 is 40.5 Å². The number of carbonyl (C=O) groups excluding carboxylic acids is 3. The first-order valence-corrected chi connectivity index (χ1v) is 18.2. The Morgan fingerprint density at radius 1 is 0.880 bits per heavy atom. The highest BCUT2D eigenvalue weighted by Gasteiger charge is 2.31. The Morgan fingerprint density at radius 2 is 1.48 bits per heavy atom. The standard InChI is InChI=1S/C39H51N3O7S/c1-29(27-36(43)44)13-12-14-30(2)32-17-21-34(22-18-32)48-25-11-9-7-5-4-6-8-10-23-40-38(46)42(3)24-26-49-33-19-15-31(16-20-33)28-35-37(45)41-39(47)50-35/h12-22,27,35H,4-11,23-26,28H2,1-3H3,(H,40,46)(H,43,44)(H,41,45,47)/b13-12+,29-27-,30-14-. The number of carboxylic acid groups (broad SMARTS) is 1. The van der Waals surface area contributed by atoms with Crippen molar-refractivity contribution in [2.75, 3.05) is 33.4 Å². The van der Waals surface area contributed by atoms with Crippen molar-refractivity contribution in [3.05, 3.63) is 89.5 Å². The zero-order valence-electron chi connectivity index (χ0n) is 29.5. The van der Waals surface area contributed by atoms with Crippen LogP contribution in [0.15, 0.2) is 78.4 Å². The maximum absolute atomic E-state index is 12.4. The summed E-state index contributed by atoms with van der Waals surface area (Å²) in [7, 11) is 1.75. The van der Waals surface area contributed by atoms with Crippen molar-refractivity contribution < 1.29 is 33.8 Å². The van der Waals surface area contributed by atoms with Crippen LogP contribution in [0.25, 0.3) is 5.57 Å². The third-order valence-corrected chi connectivity index (χ3v) is 9.12. The van der Waals surface area contributed by atoms with Gasteiger partial charge in [0.15, 0.2) is 0 Å². The Kier molecular flexibility index (Phi) is 17.8. The molecule has 0 saturated carbocycles. The molecule has 11 heteroatoms. The fraction of sp³-hybridized carbons (Fsp3) is 0.436. The molecule has 0 aliphatic carbocycles. The first-order chi connectivity index (χ1) is 24.1. The topological polar surface area (TPSA) is 134 Å². The summed E-state index contributed by atoms with van der Waals surface area (Å²) in [6, 6.07) is 15.4. The maximum atomic E-state index is 12.4. The molecule has 0 spiro atoms. The van der Waals surface area contributed by atoms with Gasteiger partial charge in [-0.15, -0.1) is 0 Å². The minimum absolute atomic E-state index is 0.108. The van der Waals surface area contributed by atoms with Gasteiger partial charge in [-0.2, -0.15) is 0 Å². The van der Waals surface area contributed by atoms with Crippen molar-refractivity contribution in [2.24, 2.45) is 0 Å². The maximum Gasteiger partial charge on any atom is 0.328 e. The molecule has 0 radical (unpaired) electrons. The summed E-state index contributed by atoms with van der Waals surface area (Å²) < 4.78 is 11.7. The highest BCUT2D eigenvalue weighted by Crippen LogP contribution is 2.24. The number of hydrogen-bond acceptors (Lipinski definition) is 7. The number of nitrogens with zero attached hydrogens (tertiary/aromatic N) is 1. The van der Waals surface area contributed by atoms with Crippen LogP contribution in [0, 0.1) is 0 Å². The first-order valence-electron chi connectivity index (χ1n) is 17.3. The average Bonchev–Trinajstić information content (AvgIpc) is 3.41. The first kappa shape index (κ1) is 39.9. The smallest absolute Gasteiger partial charge is 0.328 e.